The van der Waals surface area contributed by atoms with E-state index >= 15 is 0 Å². The summed E-state index contributed by atoms with van der Waals surface area (Å²) in [4.78, 5) is 29.4. The van der Waals surface area contributed by atoms with E-state index < -0.39 is 47.3 Å². The highest BCUT2D eigenvalue weighted by Crippen LogP contribution is 2.35. The lowest BCUT2D eigenvalue weighted by Crippen LogP contribution is -2.41. The zero-order valence-electron chi connectivity index (χ0n) is 21.5. The van der Waals surface area contributed by atoms with Crippen molar-refractivity contribution in [3.05, 3.63) is 77.1 Å². The molecule has 0 radical (unpaired) electrons. The van der Waals surface area contributed by atoms with Crippen molar-refractivity contribution in [1.82, 2.24) is 10.3 Å². The molecule has 0 aliphatic heterocycles. The molecule has 1 aromatic heterocycles. The largest absolute Gasteiger partial charge is 0.503 e. The van der Waals surface area contributed by atoms with Crippen molar-refractivity contribution in [1.29, 1.82) is 0 Å². The van der Waals surface area contributed by atoms with Gasteiger partial charge in [0, 0.05) is 18.2 Å². The fourth-order valence-corrected chi connectivity index (χ4v) is 3.92. The Morgan fingerprint density at radius 2 is 1.39 bits per heavy atom. The van der Waals surface area contributed by atoms with E-state index in [0.29, 0.717) is 11.1 Å². The Hall–Kier alpha value is -4.41. The summed E-state index contributed by atoms with van der Waals surface area (Å²) in [5.41, 5.74) is 0.727. The number of esters is 1. The van der Waals surface area contributed by atoms with E-state index in [9.17, 15) is 23.5 Å². The molecule has 0 aliphatic carbocycles. The second-order valence-electron chi connectivity index (χ2n) is 8.31. The quantitative estimate of drug-likeness (QED) is 0.379. The fraction of sp³-hybridized carbons (Fsp3) is 0.296. The van der Waals surface area contributed by atoms with Crippen molar-refractivity contribution in [2.24, 2.45) is 0 Å². The number of benzene rings is 2. The second kappa shape index (κ2) is 12.2. The number of rotatable bonds is 10. The van der Waals surface area contributed by atoms with E-state index in [1.807, 2.05) is 0 Å². The van der Waals surface area contributed by atoms with Gasteiger partial charge in [0.2, 0.25) is 0 Å². The van der Waals surface area contributed by atoms with Gasteiger partial charge in [0.05, 0.1) is 21.3 Å². The molecule has 0 fully saturated rings. The van der Waals surface area contributed by atoms with Gasteiger partial charge in [-0.1, -0.05) is 12.1 Å². The number of nitrogens with zero attached hydrogens (tertiary/aromatic N) is 1. The smallest absolute Gasteiger partial charge is 0.328 e. The van der Waals surface area contributed by atoms with Crippen LogP contribution in [0.5, 0.6) is 23.0 Å². The topological polar surface area (TPSA) is 116 Å². The van der Waals surface area contributed by atoms with Crippen LogP contribution in [-0.2, 0) is 9.53 Å². The van der Waals surface area contributed by atoms with Crippen LogP contribution in [0.15, 0.2) is 48.7 Å². The highest BCUT2D eigenvalue weighted by Gasteiger charge is 2.30. The SMILES string of the molecule is COc1cc(C(c2ccc(F)c(OC)c2)[C@H](C)OC(=O)[C@H](C)NC(=O)c2nccc(OC)c2O)ccc1F. The third-order valence-corrected chi connectivity index (χ3v) is 5.86. The van der Waals surface area contributed by atoms with Gasteiger partial charge in [-0.3, -0.25) is 4.79 Å². The van der Waals surface area contributed by atoms with E-state index in [-0.39, 0.29) is 22.9 Å². The summed E-state index contributed by atoms with van der Waals surface area (Å²) in [7, 11) is 3.96. The third kappa shape index (κ3) is 6.10. The Labute approximate surface area is 218 Å². The number of nitrogens with one attached hydrogen (secondary N) is 1. The molecule has 11 heteroatoms. The normalized spacial score (nSPS) is 12.4. The molecule has 0 saturated heterocycles. The molecule has 3 rings (SSSR count). The summed E-state index contributed by atoms with van der Waals surface area (Å²) in [5.74, 6) is -3.93. The van der Waals surface area contributed by atoms with Gasteiger partial charge in [-0.2, -0.15) is 0 Å². The Kier molecular flexibility index (Phi) is 9.06. The van der Waals surface area contributed by atoms with Gasteiger partial charge in [0.25, 0.3) is 5.91 Å². The Morgan fingerprint density at radius 1 is 0.868 bits per heavy atom. The first kappa shape index (κ1) is 28.2. The number of aromatic hydroxyl groups is 1. The molecule has 0 unspecified atom stereocenters. The lowest BCUT2D eigenvalue weighted by Gasteiger charge is -2.27. The van der Waals surface area contributed by atoms with E-state index in [4.69, 9.17) is 18.9 Å². The molecule has 0 aliphatic rings. The van der Waals surface area contributed by atoms with Crippen LogP contribution >= 0.6 is 0 Å². The molecule has 0 spiro atoms. The third-order valence-electron chi connectivity index (χ3n) is 5.86. The van der Waals surface area contributed by atoms with Crippen LogP contribution in [0.25, 0.3) is 0 Å². The Bertz CT molecular complexity index is 1270. The summed E-state index contributed by atoms with van der Waals surface area (Å²) < 4.78 is 49.1. The molecular formula is C27H28F2N2O7. The number of halogens is 2. The molecule has 2 N–H and O–H groups in total. The average molecular weight is 531 g/mol. The van der Waals surface area contributed by atoms with Crippen molar-refractivity contribution < 1.29 is 42.4 Å². The van der Waals surface area contributed by atoms with E-state index in [2.05, 4.69) is 10.3 Å². The molecule has 0 saturated carbocycles. The first-order chi connectivity index (χ1) is 18.1. The lowest BCUT2D eigenvalue weighted by molar-refractivity contribution is -0.150. The van der Waals surface area contributed by atoms with Crippen LogP contribution in [0.3, 0.4) is 0 Å². The van der Waals surface area contributed by atoms with Crippen molar-refractivity contribution in [3.8, 4) is 23.0 Å². The standard InChI is InChI=1S/C27H28F2N2O7/c1-14(31-26(33)24-25(32)20(35-3)10-11-30-24)27(34)38-15(2)23(16-6-8-18(28)21(12-16)36-4)17-7-9-19(29)22(13-17)37-5/h6-15,23,32H,1-5H3,(H,31,33)/t14-,15-/m0/s1. The predicted octanol–water partition coefficient (Wildman–Crippen LogP) is 3.97. The van der Waals surface area contributed by atoms with Gasteiger partial charge in [0.15, 0.2) is 40.3 Å². The van der Waals surface area contributed by atoms with E-state index in [1.165, 1.54) is 76.9 Å². The predicted molar refractivity (Wildman–Crippen MR) is 133 cm³/mol. The second-order valence-corrected chi connectivity index (χ2v) is 8.31. The van der Waals surface area contributed by atoms with Crippen molar-refractivity contribution in [2.45, 2.75) is 31.9 Å². The summed E-state index contributed by atoms with van der Waals surface area (Å²) >= 11 is 0. The van der Waals surface area contributed by atoms with Crippen LogP contribution in [0.1, 0.15) is 41.4 Å². The van der Waals surface area contributed by atoms with E-state index in [1.54, 1.807) is 6.92 Å². The monoisotopic (exact) mass is 530 g/mol. The maximum absolute atomic E-state index is 14.1. The maximum atomic E-state index is 14.1. The number of methoxy groups -OCH3 is 3. The molecule has 9 nitrogen and oxygen atoms in total. The highest BCUT2D eigenvalue weighted by molar-refractivity contribution is 5.97. The molecule has 3 aromatic rings. The minimum Gasteiger partial charge on any atom is -0.503 e. The zero-order chi connectivity index (χ0) is 28.0. The molecule has 38 heavy (non-hydrogen) atoms. The first-order valence-electron chi connectivity index (χ1n) is 11.5. The number of amides is 1. The first-order valence-corrected chi connectivity index (χ1v) is 11.5. The van der Waals surface area contributed by atoms with Gasteiger partial charge in [0.1, 0.15) is 12.1 Å². The van der Waals surface area contributed by atoms with Gasteiger partial charge in [-0.25, -0.2) is 18.6 Å². The van der Waals surface area contributed by atoms with Gasteiger partial charge in [-0.05, 0) is 49.2 Å². The van der Waals surface area contributed by atoms with Gasteiger partial charge < -0.3 is 29.4 Å². The van der Waals surface area contributed by atoms with Crippen LogP contribution in [0.2, 0.25) is 0 Å². The molecule has 2 atom stereocenters. The van der Waals surface area contributed by atoms with Crippen molar-refractivity contribution in [2.75, 3.05) is 21.3 Å². The van der Waals surface area contributed by atoms with Crippen molar-refractivity contribution >= 4 is 11.9 Å². The summed E-state index contributed by atoms with van der Waals surface area (Å²) in [6.45, 7) is 3.01. The Balaban J connectivity index is 1.86. The number of aromatic nitrogens is 1. The van der Waals surface area contributed by atoms with Gasteiger partial charge >= 0.3 is 5.97 Å². The maximum Gasteiger partial charge on any atom is 0.328 e. The molecule has 202 valence electrons. The minimum atomic E-state index is -1.14. The van der Waals surface area contributed by atoms with Crippen LogP contribution in [-0.4, -0.2) is 55.4 Å². The minimum absolute atomic E-state index is 0.0219. The molecule has 2 aromatic carbocycles. The fourth-order valence-electron chi connectivity index (χ4n) is 3.92. The lowest BCUT2D eigenvalue weighted by atomic mass is 9.86. The number of hydrogen-bond donors (Lipinski definition) is 2. The number of carbonyl (C=O) groups is 2. The molecule has 1 heterocycles. The van der Waals surface area contributed by atoms with Crippen LogP contribution < -0.4 is 19.5 Å². The van der Waals surface area contributed by atoms with Gasteiger partial charge in [-0.15, -0.1) is 0 Å². The number of pyridine rings is 1. The zero-order valence-corrected chi connectivity index (χ0v) is 21.5. The highest BCUT2D eigenvalue weighted by atomic mass is 19.1. The Morgan fingerprint density at radius 3 is 1.89 bits per heavy atom. The average Bonchev–Trinajstić information content (AvgIpc) is 2.90. The van der Waals surface area contributed by atoms with Crippen LogP contribution in [0, 0.1) is 11.6 Å². The number of hydrogen-bond acceptors (Lipinski definition) is 8. The molecule has 0 bridgehead atoms. The number of carbonyl (C=O) groups excluding carboxylic acids is 2. The molecule has 1 amide bonds. The summed E-state index contributed by atoms with van der Waals surface area (Å²) in [6.07, 6.45) is 0.410. The molecular weight excluding hydrogens is 502 g/mol. The number of ether oxygens (including phenoxy) is 4. The summed E-state index contributed by atoms with van der Waals surface area (Å²) in [6, 6.07) is 8.60. The van der Waals surface area contributed by atoms with Crippen LogP contribution in [0.4, 0.5) is 8.78 Å². The summed E-state index contributed by atoms with van der Waals surface area (Å²) in [5, 5.41) is 12.6. The van der Waals surface area contributed by atoms with Crippen molar-refractivity contribution in [3.63, 3.8) is 0 Å². The van der Waals surface area contributed by atoms with E-state index in [0.717, 1.165) is 0 Å².